The van der Waals surface area contributed by atoms with Gasteiger partial charge in [-0.15, -0.1) is 0 Å². The van der Waals surface area contributed by atoms with E-state index in [4.69, 9.17) is 0 Å². The minimum Gasteiger partial charge on any atom is -0.360 e. The molecule has 0 bridgehead atoms. The highest BCUT2D eigenvalue weighted by Gasteiger charge is 2.02. The largest absolute Gasteiger partial charge is 0.360 e. The zero-order valence-corrected chi connectivity index (χ0v) is 7.61. The standard InChI is InChI=1S/C10H7FN2O2/c11-8-1-2-9-7(3-4-13(14)15)6-12-10(9)5-8/h1-6,12H. The van der Waals surface area contributed by atoms with Gasteiger partial charge in [0.2, 0.25) is 6.20 Å². The second kappa shape index (κ2) is 3.53. The predicted octanol–water partition coefficient (Wildman–Crippen LogP) is 2.55. The summed E-state index contributed by atoms with van der Waals surface area (Å²) in [6, 6.07) is 4.25. The van der Waals surface area contributed by atoms with Crippen LogP contribution in [0.2, 0.25) is 0 Å². The summed E-state index contributed by atoms with van der Waals surface area (Å²) in [6.45, 7) is 0. The lowest BCUT2D eigenvalue weighted by Gasteiger charge is -1.91. The van der Waals surface area contributed by atoms with Gasteiger partial charge in [0.15, 0.2) is 0 Å². The van der Waals surface area contributed by atoms with Crippen molar-refractivity contribution in [1.29, 1.82) is 0 Å². The van der Waals surface area contributed by atoms with E-state index in [9.17, 15) is 14.5 Å². The highest BCUT2D eigenvalue weighted by Crippen LogP contribution is 2.20. The molecule has 0 saturated heterocycles. The lowest BCUT2D eigenvalue weighted by atomic mass is 10.2. The second-order valence-electron chi connectivity index (χ2n) is 3.04. The van der Waals surface area contributed by atoms with E-state index < -0.39 is 4.92 Å². The molecular formula is C10H7FN2O2. The number of nitrogens with one attached hydrogen (secondary N) is 1. The third-order valence-electron chi connectivity index (χ3n) is 2.05. The fourth-order valence-corrected chi connectivity index (χ4v) is 1.40. The SMILES string of the molecule is O=[N+]([O-])C=Cc1c[nH]c2cc(F)ccc12. The Morgan fingerprint density at radius 2 is 2.27 bits per heavy atom. The van der Waals surface area contributed by atoms with Crippen molar-refractivity contribution in [2.75, 3.05) is 0 Å². The van der Waals surface area contributed by atoms with Gasteiger partial charge in [0.05, 0.1) is 4.92 Å². The fraction of sp³-hybridized carbons (Fsp3) is 0. The normalized spacial score (nSPS) is 11.3. The molecule has 1 aromatic carbocycles. The maximum Gasteiger partial charge on any atom is 0.235 e. The van der Waals surface area contributed by atoms with Crippen LogP contribution in [0.5, 0.6) is 0 Å². The van der Waals surface area contributed by atoms with Crippen LogP contribution in [0.25, 0.3) is 17.0 Å². The van der Waals surface area contributed by atoms with Gasteiger partial charge in [-0.3, -0.25) is 10.1 Å². The number of hydrogen-bond donors (Lipinski definition) is 1. The van der Waals surface area contributed by atoms with E-state index in [0.717, 1.165) is 11.6 Å². The van der Waals surface area contributed by atoms with Gasteiger partial charge < -0.3 is 4.98 Å². The molecule has 15 heavy (non-hydrogen) atoms. The number of aromatic amines is 1. The topological polar surface area (TPSA) is 58.9 Å². The van der Waals surface area contributed by atoms with Crippen molar-refractivity contribution in [3.63, 3.8) is 0 Å². The summed E-state index contributed by atoms with van der Waals surface area (Å²) in [5.74, 6) is -0.339. The average Bonchev–Trinajstić information content (AvgIpc) is 2.57. The van der Waals surface area contributed by atoms with Crippen LogP contribution in [0, 0.1) is 15.9 Å². The summed E-state index contributed by atoms with van der Waals surface area (Å²) in [5.41, 5.74) is 1.29. The van der Waals surface area contributed by atoms with Crippen molar-refractivity contribution in [1.82, 2.24) is 4.98 Å². The molecule has 0 aliphatic rings. The lowest BCUT2D eigenvalue weighted by molar-refractivity contribution is -0.400. The summed E-state index contributed by atoms with van der Waals surface area (Å²) in [7, 11) is 0. The number of nitro groups is 1. The minimum absolute atomic E-state index is 0.339. The van der Waals surface area contributed by atoms with Crippen molar-refractivity contribution in [3.8, 4) is 0 Å². The maximum absolute atomic E-state index is 12.8. The minimum atomic E-state index is -0.539. The first-order valence-corrected chi connectivity index (χ1v) is 4.25. The van der Waals surface area contributed by atoms with Crippen molar-refractivity contribution in [3.05, 3.63) is 52.1 Å². The van der Waals surface area contributed by atoms with E-state index in [2.05, 4.69) is 4.98 Å². The van der Waals surface area contributed by atoms with Crippen LogP contribution >= 0.6 is 0 Å². The number of rotatable bonds is 2. The maximum atomic E-state index is 12.8. The summed E-state index contributed by atoms with van der Waals surface area (Å²) < 4.78 is 12.8. The summed E-state index contributed by atoms with van der Waals surface area (Å²) >= 11 is 0. The van der Waals surface area contributed by atoms with Crippen LogP contribution < -0.4 is 0 Å². The Morgan fingerprint density at radius 1 is 1.47 bits per heavy atom. The van der Waals surface area contributed by atoms with E-state index in [0.29, 0.717) is 11.1 Å². The Balaban J connectivity index is 2.50. The number of hydrogen-bond acceptors (Lipinski definition) is 2. The molecule has 0 aliphatic heterocycles. The molecule has 1 aromatic heterocycles. The highest BCUT2D eigenvalue weighted by molar-refractivity contribution is 5.88. The molecule has 0 atom stereocenters. The van der Waals surface area contributed by atoms with Crippen LogP contribution in [0.1, 0.15) is 5.56 Å². The molecule has 1 N–H and O–H groups in total. The van der Waals surface area contributed by atoms with Crippen LogP contribution in [0.4, 0.5) is 4.39 Å². The quantitative estimate of drug-likeness (QED) is 0.606. The molecule has 5 heteroatoms. The average molecular weight is 206 g/mol. The number of fused-ring (bicyclic) bond motifs is 1. The van der Waals surface area contributed by atoms with Gasteiger partial charge in [-0.2, -0.15) is 0 Å². The first-order valence-electron chi connectivity index (χ1n) is 4.25. The molecule has 76 valence electrons. The first-order chi connectivity index (χ1) is 7.16. The van der Waals surface area contributed by atoms with Gasteiger partial charge in [0.1, 0.15) is 5.82 Å². The predicted molar refractivity (Wildman–Crippen MR) is 54.3 cm³/mol. The van der Waals surface area contributed by atoms with Crippen molar-refractivity contribution in [2.24, 2.45) is 0 Å². The van der Waals surface area contributed by atoms with E-state index >= 15 is 0 Å². The summed E-state index contributed by atoms with van der Waals surface area (Å²) in [4.78, 5) is 12.4. The highest BCUT2D eigenvalue weighted by atomic mass is 19.1. The number of benzene rings is 1. The first kappa shape index (κ1) is 9.39. The van der Waals surface area contributed by atoms with Crippen LogP contribution in [-0.2, 0) is 0 Å². The van der Waals surface area contributed by atoms with E-state index in [1.807, 2.05) is 0 Å². The summed E-state index contributed by atoms with van der Waals surface area (Å²) in [5, 5.41) is 10.9. The van der Waals surface area contributed by atoms with Crippen LogP contribution in [-0.4, -0.2) is 9.91 Å². The molecule has 0 radical (unpaired) electrons. The fourth-order valence-electron chi connectivity index (χ4n) is 1.40. The second-order valence-corrected chi connectivity index (χ2v) is 3.04. The molecule has 4 nitrogen and oxygen atoms in total. The van der Waals surface area contributed by atoms with Gasteiger partial charge in [0, 0.05) is 28.7 Å². The van der Waals surface area contributed by atoms with Gasteiger partial charge in [-0.1, -0.05) is 0 Å². The van der Waals surface area contributed by atoms with Gasteiger partial charge in [-0.05, 0) is 18.2 Å². The Morgan fingerprint density at radius 3 is 3.00 bits per heavy atom. The molecular weight excluding hydrogens is 199 g/mol. The lowest BCUT2D eigenvalue weighted by Crippen LogP contribution is -1.81. The van der Waals surface area contributed by atoms with E-state index in [1.165, 1.54) is 18.2 Å². The molecule has 2 rings (SSSR count). The molecule has 1 heterocycles. The summed E-state index contributed by atoms with van der Waals surface area (Å²) in [6.07, 6.45) is 3.83. The Kier molecular flexibility index (Phi) is 2.21. The van der Waals surface area contributed by atoms with Gasteiger partial charge in [0.25, 0.3) is 0 Å². The monoisotopic (exact) mass is 206 g/mol. The molecule has 0 aliphatic carbocycles. The number of halogens is 1. The number of nitrogens with zero attached hydrogens (tertiary/aromatic N) is 1. The molecule has 0 spiro atoms. The van der Waals surface area contributed by atoms with Crippen molar-refractivity contribution >= 4 is 17.0 Å². The van der Waals surface area contributed by atoms with E-state index in [1.54, 1.807) is 12.3 Å². The van der Waals surface area contributed by atoms with Crippen LogP contribution in [0.3, 0.4) is 0 Å². The zero-order valence-electron chi connectivity index (χ0n) is 7.61. The Labute approximate surface area is 84.2 Å². The van der Waals surface area contributed by atoms with Crippen LogP contribution in [0.15, 0.2) is 30.6 Å². The number of aromatic nitrogens is 1. The van der Waals surface area contributed by atoms with Crippen molar-refractivity contribution < 1.29 is 9.31 Å². The Bertz CT molecular complexity index is 545. The zero-order chi connectivity index (χ0) is 10.8. The van der Waals surface area contributed by atoms with Gasteiger partial charge in [-0.25, -0.2) is 4.39 Å². The number of H-pyrrole nitrogens is 1. The molecule has 0 amide bonds. The Hall–Kier alpha value is -2.17. The molecule has 2 aromatic rings. The smallest absolute Gasteiger partial charge is 0.235 e. The van der Waals surface area contributed by atoms with E-state index in [-0.39, 0.29) is 5.82 Å². The third-order valence-corrected chi connectivity index (χ3v) is 2.05. The molecule has 0 fully saturated rings. The molecule has 0 unspecified atom stereocenters. The van der Waals surface area contributed by atoms with Crippen molar-refractivity contribution in [2.45, 2.75) is 0 Å². The third kappa shape index (κ3) is 1.85. The molecule has 0 saturated carbocycles. The van der Waals surface area contributed by atoms with Gasteiger partial charge >= 0.3 is 0 Å².